The van der Waals surface area contributed by atoms with E-state index in [1.54, 1.807) is 6.92 Å². The zero-order chi connectivity index (χ0) is 18.0. The van der Waals surface area contributed by atoms with E-state index in [0.29, 0.717) is 16.4 Å². The van der Waals surface area contributed by atoms with E-state index in [-0.39, 0.29) is 5.69 Å². The second-order valence-electron chi connectivity index (χ2n) is 5.56. The first-order valence-electron chi connectivity index (χ1n) is 7.55. The van der Waals surface area contributed by atoms with Crippen molar-refractivity contribution in [2.45, 2.75) is 13.0 Å². The van der Waals surface area contributed by atoms with E-state index in [1.165, 1.54) is 6.07 Å². The average molecular weight is 359 g/mol. The smallest absolute Gasteiger partial charge is 0.255 e. The van der Waals surface area contributed by atoms with Gasteiger partial charge in [0.1, 0.15) is 0 Å². The molecular formula is C18H15F2N3OS. The summed E-state index contributed by atoms with van der Waals surface area (Å²) in [5, 5.41) is 9.00. The predicted octanol–water partition coefficient (Wildman–Crippen LogP) is 3.40. The van der Waals surface area contributed by atoms with Gasteiger partial charge in [-0.1, -0.05) is 30.3 Å². The quantitative estimate of drug-likeness (QED) is 0.736. The van der Waals surface area contributed by atoms with Crippen molar-refractivity contribution in [1.82, 2.24) is 10.6 Å². The fourth-order valence-corrected chi connectivity index (χ4v) is 2.93. The Balaban J connectivity index is 1.93. The van der Waals surface area contributed by atoms with Gasteiger partial charge in [0.2, 0.25) is 0 Å². The lowest BCUT2D eigenvalue weighted by atomic mass is 9.95. The number of thiocarbonyl (C=S) groups is 1. The lowest BCUT2D eigenvalue weighted by Gasteiger charge is -2.30. The molecule has 0 aromatic heterocycles. The lowest BCUT2D eigenvalue weighted by molar-refractivity contribution is -0.113. The molecule has 128 valence electrons. The third-order valence-corrected chi connectivity index (χ3v) is 4.04. The summed E-state index contributed by atoms with van der Waals surface area (Å²) in [5.74, 6) is -2.43. The molecule has 3 N–H and O–H groups in total. The van der Waals surface area contributed by atoms with E-state index in [9.17, 15) is 13.6 Å². The topological polar surface area (TPSA) is 53.2 Å². The van der Waals surface area contributed by atoms with E-state index in [1.807, 2.05) is 30.3 Å². The zero-order valence-electron chi connectivity index (χ0n) is 13.3. The number of amides is 1. The number of hydrogen-bond acceptors (Lipinski definition) is 2. The van der Waals surface area contributed by atoms with Gasteiger partial charge in [0, 0.05) is 17.5 Å². The van der Waals surface area contributed by atoms with Gasteiger partial charge in [0.15, 0.2) is 16.7 Å². The molecule has 4 nitrogen and oxygen atoms in total. The third kappa shape index (κ3) is 3.66. The number of nitrogens with one attached hydrogen (secondary N) is 3. The van der Waals surface area contributed by atoms with Gasteiger partial charge in [0.05, 0.1) is 11.6 Å². The van der Waals surface area contributed by atoms with Crippen molar-refractivity contribution in [1.29, 1.82) is 0 Å². The highest BCUT2D eigenvalue weighted by molar-refractivity contribution is 7.80. The predicted molar refractivity (Wildman–Crippen MR) is 95.7 cm³/mol. The second kappa shape index (κ2) is 6.98. The fraction of sp³-hybridized carbons (Fsp3) is 0.111. The van der Waals surface area contributed by atoms with Crippen molar-refractivity contribution in [3.63, 3.8) is 0 Å². The molecule has 0 spiro atoms. The number of benzene rings is 2. The van der Waals surface area contributed by atoms with E-state index in [2.05, 4.69) is 16.0 Å². The first-order chi connectivity index (χ1) is 12.0. The molecule has 1 amide bonds. The molecule has 1 aliphatic rings. The maximum atomic E-state index is 13.4. The summed E-state index contributed by atoms with van der Waals surface area (Å²) >= 11 is 5.18. The van der Waals surface area contributed by atoms with Gasteiger partial charge in [-0.15, -0.1) is 0 Å². The van der Waals surface area contributed by atoms with Crippen molar-refractivity contribution in [3.05, 3.63) is 77.0 Å². The normalized spacial score (nSPS) is 16.9. The monoisotopic (exact) mass is 359 g/mol. The summed E-state index contributed by atoms with van der Waals surface area (Å²) in [6.07, 6.45) is 0. The molecule has 0 saturated heterocycles. The zero-order valence-corrected chi connectivity index (χ0v) is 14.1. The highest BCUT2D eigenvalue weighted by Crippen LogP contribution is 2.27. The third-order valence-electron chi connectivity index (χ3n) is 3.82. The minimum absolute atomic E-state index is 0.171. The van der Waals surface area contributed by atoms with Gasteiger partial charge >= 0.3 is 0 Å². The number of carbonyl (C=O) groups excluding carboxylic acids is 1. The number of carbonyl (C=O) groups is 1. The lowest BCUT2D eigenvalue weighted by Crippen LogP contribution is -2.45. The first kappa shape index (κ1) is 17.0. The molecule has 0 fully saturated rings. The van der Waals surface area contributed by atoms with E-state index >= 15 is 0 Å². The van der Waals surface area contributed by atoms with Crippen LogP contribution in [-0.2, 0) is 4.79 Å². The van der Waals surface area contributed by atoms with Crippen LogP contribution in [0.2, 0.25) is 0 Å². The molecular weight excluding hydrogens is 344 g/mol. The Hall–Kier alpha value is -2.80. The van der Waals surface area contributed by atoms with Crippen LogP contribution in [0.5, 0.6) is 0 Å². The van der Waals surface area contributed by atoms with Crippen molar-refractivity contribution >= 4 is 28.9 Å². The Morgan fingerprint density at radius 2 is 1.84 bits per heavy atom. The summed E-state index contributed by atoms with van der Waals surface area (Å²) in [7, 11) is 0. The van der Waals surface area contributed by atoms with Crippen LogP contribution >= 0.6 is 12.2 Å². The number of allylic oxidation sites excluding steroid dienone is 1. The molecule has 0 unspecified atom stereocenters. The molecule has 3 rings (SSSR count). The van der Waals surface area contributed by atoms with Crippen molar-refractivity contribution in [2.75, 3.05) is 5.32 Å². The summed E-state index contributed by atoms with van der Waals surface area (Å²) < 4.78 is 26.4. The van der Waals surface area contributed by atoms with Crippen molar-refractivity contribution in [3.8, 4) is 0 Å². The van der Waals surface area contributed by atoms with Crippen LogP contribution in [0.1, 0.15) is 18.5 Å². The highest BCUT2D eigenvalue weighted by atomic mass is 32.1. The van der Waals surface area contributed by atoms with Crippen molar-refractivity contribution < 1.29 is 13.6 Å². The molecule has 2 aromatic rings. The van der Waals surface area contributed by atoms with E-state index in [0.717, 1.165) is 17.7 Å². The SMILES string of the molecule is CC1=C(C(=O)Nc2ccc(F)c(F)c2)[C@@H](c2ccccc2)NC(=S)N1. The molecule has 7 heteroatoms. The molecule has 0 saturated carbocycles. The summed E-state index contributed by atoms with van der Waals surface area (Å²) in [6, 6.07) is 12.1. The van der Waals surface area contributed by atoms with E-state index in [4.69, 9.17) is 12.2 Å². The van der Waals surface area contributed by atoms with Gasteiger partial charge < -0.3 is 16.0 Å². The standard InChI is InChI=1S/C18H15F2N3OS/c1-10-15(17(24)22-12-7-8-13(19)14(20)9-12)16(23-18(25)21-10)11-5-3-2-4-6-11/h2-9,16H,1H3,(H,22,24)(H2,21,23,25)/t16-/m1/s1. The van der Waals surface area contributed by atoms with Crippen LogP contribution in [-0.4, -0.2) is 11.0 Å². The summed E-state index contributed by atoms with van der Waals surface area (Å²) in [6.45, 7) is 1.74. The Morgan fingerprint density at radius 3 is 2.52 bits per heavy atom. The minimum Gasteiger partial charge on any atom is -0.351 e. The Kier molecular flexibility index (Phi) is 4.76. The molecule has 1 atom stereocenters. The Morgan fingerprint density at radius 1 is 1.12 bits per heavy atom. The van der Waals surface area contributed by atoms with E-state index < -0.39 is 23.6 Å². The maximum absolute atomic E-state index is 13.4. The summed E-state index contributed by atoms with van der Waals surface area (Å²) in [4.78, 5) is 12.8. The first-order valence-corrected chi connectivity index (χ1v) is 7.96. The van der Waals surface area contributed by atoms with Crippen molar-refractivity contribution in [2.24, 2.45) is 0 Å². The van der Waals surface area contributed by atoms with Gasteiger partial charge in [-0.05, 0) is 36.8 Å². The molecule has 25 heavy (non-hydrogen) atoms. The van der Waals surface area contributed by atoms with Crippen LogP contribution in [0.3, 0.4) is 0 Å². The van der Waals surface area contributed by atoms with Gasteiger partial charge in [0.25, 0.3) is 5.91 Å². The summed E-state index contributed by atoms with van der Waals surface area (Å²) in [5.41, 5.74) is 2.05. The number of hydrogen-bond donors (Lipinski definition) is 3. The van der Waals surface area contributed by atoms with Gasteiger partial charge in [-0.3, -0.25) is 4.79 Å². The van der Waals surface area contributed by atoms with Crippen LogP contribution in [0.4, 0.5) is 14.5 Å². The molecule has 0 radical (unpaired) electrons. The molecule has 1 aliphatic heterocycles. The number of anilines is 1. The van der Waals surface area contributed by atoms with Crippen LogP contribution in [0, 0.1) is 11.6 Å². The fourth-order valence-electron chi connectivity index (χ4n) is 2.66. The second-order valence-corrected chi connectivity index (χ2v) is 5.97. The van der Waals surface area contributed by atoms with Crippen LogP contribution in [0.15, 0.2) is 59.8 Å². The van der Waals surface area contributed by atoms with Gasteiger partial charge in [-0.2, -0.15) is 0 Å². The average Bonchev–Trinajstić information content (AvgIpc) is 2.58. The molecule has 2 aromatic carbocycles. The molecule has 0 bridgehead atoms. The maximum Gasteiger partial charge on any atom is 0.255 e. The molecule has 0 aliphatic carbocycles. The number of halogens is 2. The van der Waals surface area contributed by atoms with Crippen LogP contribution < -0.4 is 16.0 Å². The largest absolute Gasteiger partial charge is 0.351 e. The highest BCUT2D eigenvalue weighted by Gasteiger charge is 2.29. The number of rotatable bonds is 3. The Bertz CT molecular complexity index is 868. The van der Waals surface area contributed by atoms with Gasteiger partial charge in [-0.25, -0.2) is 8.78 Å². The minimum atomic E-state index is -1.02. The molecule has 1 heterocycles. The Labute approximate surface area is 148 Å². The van der Waals surface area contributed by atoms with Crippen LogP contribution in [0.25, 0.3) is 0 Å².